The average Bonchev–Trinajstić information content (AvgIpc) is 2.19. The quantitative estimate of drug-likeness (QED) is 0.822. The van der Waals surface area contributed by atoms with Crippen LogP contribution in [0.3, 0.4) is 0 Å². The molecule has 0 bridgehead atoms. The molecule has 2 rings (SSSR count). The van der Waals surface area contributed by atoms with E-state index >= 15 is 0 Å². The highest BCUT2D eigenvalue weighted by Crippen LogP contribution is 2.28. The van der Waals surface area contributed by atoms with Crippen LogP contribution in [0.5, 0.6) is 5.75 Å². The van der Waals surface area contributed by atoms with E-state index in [0.717, 1.165) is 24.8 Å². The van der Waals surface area contributed by atoms with Crippen LogP contribution in [0.2, 0.25) is 0 Å². The predicted molar refractivity (Wildman–Crippen MR) is 66.8 cm³/mol. The van der Waals surface area contributed by atoms with Crippen molar-refractivity contribution in [2.75, 3.05) is 13.7 Å². The van der Waals surface area contributed by atoms with Gasteiger partial charge in [-0.05, 0) is 38.8 Å². The highest BCUT2D eigenvalue weighted by Gasteiger charge is 2.18. The molecule has 0 heterocycles. The molecular weight excluding hydrogens is 198 g/mol. The van der Waals surface area contributed by atoms with Crippen LogP contribution in [0.25, 0.3) is 0 Å². The Morgan fingerprint density at radius 3 is 2.81 bits per heavy atom. The normalized spacial score (nSPS) is 15.9. The molecule has 0 unspecified atom stereocenters. The third-order valence-corrected chi connectivity index (χ3v) is 3.28. The van der Waals surface area contributed by atoms with E-state index < -0.39 is 0 Å². The van der Waals surface area contributed by atoms with Crippen molar-refractivity contribution in [1.29, 1.82) is 0 Å². The summed E-state index contributed by atoms with van der Waals surface area (Å²) in [5, 5.41) is 3.19. The average molecular weight is 219 g/mol. The number of nitrogens with one attached hydrogen (secondary N) is 1. The molecule has 1 aromatic rings. The summed E-state index contributed by atoms with van der Waals surface area (Å²) in [6.07, 6.45) is 4.06. The number of rotatable bonds is 5. The van der Waals surface area contributed by atoms with Gasteiger partial charge in [0.05, 0.1) is 6.61 Å². The van der Waals surface area contributed by atoms with Crippen LogP contribution in [-0.4, -0.2) is 13.7 Å². The van der Waals surface area contributed by atoms with Gasteiger partial charge in [0.15, 0.2) is 0 Å². The largest absolute Gasteiger partial charge is 0.493 e. The zero-order chi connectivity index (χ0) is 11.4. The van der Waals surface area contributed by atoms with E-state index in [2.05, 4.69) is 30.4 Å². The van der Waals surface area contributed by atoms with Gasteiger partial charge in [-0.1, -0.05) is 24.1 Å². The highest BCUT2D eigenvalue weighted by molar-refractivity contribution is 5.36. The molecule has 16 heavy (non-hydrogen) atoms. The maximum Gasteiger partial charge on any atom is 0.123 e. The molecule has 88 valence electrons. The van der Waals surface area contributed by atoms with Gasteiger partial charge in [0.25, 0.3) is 0 Å². The molecule has 2 heteroatoms. The maximum atomic E-state index is 5.91. The smallest absolute Gasteiger partial charge is 0.123 e. The van der Waals surface area contributed by atoms with Crippen molar-refractivity contribution in [3.63, 3.8) is 0 Å². The number of hydrogen-bond donors (Lipinski definition) is 1. The highest BCUT2D eigenvalue weighted by atomic mass is 16.5. The lowest BCUT2D eigenvalue weighted by molar-refractivity contribution is 0.179. The van der Waals surface area contributed by atoms with Crippen molar-refractivity contribution in [3.05, 3.63) is 29.3 Å². The van der Waals surface area contributed by atoms with Gasteiger partial charge in [0, 0.05) is 12.1 Å². The van der Waals surface area contributed by atoms with Crippen LogP contribution in [0.15, 0.2) is 18.2 Å². The number of ether oxygens (including phenoxy) is 1. The first kappa shape index (κ1) is 11.5. The molecule has 1 fully saturated rings. The summed E-state index contributed by atoms with van der Waals surface area (Å²) < 4.78 is 5.91. The van der Waals surface area contributed by atoms with Gasteiger partial charge in [-0.3, -0.25) is 0 Å². The summed E-state index contributed by atoms with van der Waals surface area (Å²) in [5.74, 6) is 1.84. The first-order valence-corrected chi connectivity index (χ1v) is 6.16. The lowest BCUT2D eigenvalue weighted by Crippen LogP contribution is -2.20. The fraction of sp³-hybridized carbons (Fsp3) is 0.571. The van der Waals surface area contributed by atoms with E-state index in [0.29, 0.717) is 0 Å². The zero-order valence-electron chi connectivity index (χ0n) is 10.3. The molecule has 0 amide bonds. The second-order valence-electron chi connectivity index (χ2n) is 4.75. The molecule has 2 nitrogen and oxygen atoms in total. The molecule has 0 aromatic heterocycles. The van der Waals surface area contributed by atoms with Crippen molar-refractivity contribution >= 4 is 0 Å². The Kier molecular flexibility index (Phi) is 3.83. The maximum absolute atomic E-state index is 5.91. The molecule has 0 aliphatic heterocycles. The number of hydrogen-bond acceptors (Lipinski definition) is 2. The van der Waals surface area contributed by atoms with Crippen molar-refractivity contribution in [1.82, 2.24) is 5.32 Å². The first-order chi connectivity index (χ1) is 7.79. The lowest BCUT2D eigenvalue weighted by Gasteiger charge is -2.25. The molecule has 1 N–H and O–H groups in total. The fourth-order valence-electron chi connectivity index (χ4n) is 2.04. The van der Waals surface area contributed by atoms with Crippen LogP contribution in [0, 0.1) is 12.8 Å². The van der Waals surface area contributed by atoms with E-state index in [-0.39, 0.29) is 0 Å². The van der Waals surface area contributed by atoms with E-state index in [1.165, 1.54) is 30.4 Å². The van der Waals surface area contributed by atoms with Crippen LogP contribution in [0.1, 0.15) is 30.4 Å². The molecular formula is C14H21NO. The molecule has 0 spiro atoms. The van der Waals surface area contributed by atoms with Crippen LogP contribution < -0.4 is 10.1 Å². The Labute approximate surface area is 98.0 Å². The minimum absolute atomic E-state index is 0.795. The fourth-order valence-corrected chi connectivity index (χ4v) is 2.04. The minimum Gasteiger partial charge on any atom is -0.493 e. The zero-order valence-corrected chi connectivity index (χ0v) is 10.3. The van der Waals surface area contributed by atoms with Crippen molar-refractivity contribution in [3.8, 4) is 5.75 Å². The van der Waals surface area contributed by atoms with Crippen LogP contribution in [0.4, 0.5) is 0 Å². The van der Waals surface area contributed by atoms with Gasteiger partial charge in [-0.2, -0.15) is 0 Å². The van der Waals surface area contributed by atoms with Crippen LogP contribution in [-0.2, 0) is 6.54 Å². The first-order valence-electron chi connectivity index (χ1n) is 6.16. The minimum atomic E-state index is 0.795. The van der Waals surface area contributed by atoms with E-state index in [4.69, 9.17) is 4.74 Å². The van der Waals surface area contributed by atoms with Crippen LogP contribution >= 0.6 is 0 Å². The second-order valence-corrected chi connectivity index (χ2v) is 4.75. The molecule has 1 aliphatic carbocycles. The molecule has 0 atom stereocenters. The van der Waals surface area contributed by atoms with Gasteiger partial charge in [0.1, 0.15) is 5.75 Å². The Morgan fingerprint density at radius 1 is 1.38 bits per heavy atom. The Balaban J connectivity index is 1.99. The van der Waals surface area contributed by atoms with Crippen molar-refractivity contribution in [2.24, 2.45) is 5.92 Å². The van der Waals surface area contributed by atoms with Crippen molar-refractivity contribution in [2.45, 2.75) is 32.7 Å². The molecule has 0 saturated heterocycles. The van der Waals surface area contributed by atoms with Crippen molar-refractivity contribution < 1.29 is 4.74 Å². The molecule has 0 radical (unpaired) electrons. The summed E-state index contributed by atoms with van der Waals surface area (Å²) >= 11 is 0. The van der Waals surface area contributed by atoms with E-state index in [9.17, 15) is 0 Å². The lowest BCUT2D eigenvalue weighted by atomic mass is 9.86. The topological polar surface area (TPSA) is 21.3 Å². The summed E-state index contributed by atoms with van der Waals surface area (Å²) in [5.41, 5.74) is 2.56. The monoisotopic (exact) mass is 219 g/mol. The second kappa shape index (κ2) is 5.35. The summed E-state index contributed by atoms with van der Waals surface area (Å²) in [4.78, 5) is 0. The third kappa shape index (κ3) is 2.76. The summed E-state index contributed by atoms with van der Waals surface area (Å²) in [6.45, 7) is 3.89. The summed E-state index contributed by atoms with van der Waals surface area (Å²) in [6, 6.07) is 6.42. The summed E-state index contributed by atoms with van der Waals surface area (Å²) in [7, 11) is 1.97. The molecule has 1 aromatic carbocycles. The standard InChI is InChI=1S/C14H21NO/c1-11-6-7-14(13(8-11)9-15-2)16-10-12-4-3-5-12/h6-8,12,15H,3-5,9-10H2,1-2H3. The van der Waals surface area contributed by atoms with Gasteiger partial charge in [0.2, 0.25) is 0 Å². The number of aryl methyl sites for hydroxylation is 1. The predicted octanol–water partition coefficient (Wildman–Crippen LogP) is 2.89. The SMILES string of the molecule is CNCc1cc(C)ccc1OCC1CCC1. The van der Waals surface area contributed by atoms with Gasteiger partial charge >= 0.3 is 0 Å². The number of benzene rings is 1. The Morgan fingerprint density at radius 2 is 2.19 bits per heavy atom. The van der Waals surface area contributed by atoms with Gasteiger partial charge < -0.3 is 10.1 Å². The van der Waals surface area contributed by atoms with E-state index in [1.807, 2.05) is 7.05 Å². The molecule has 1 aliphatic rings. The van der Waals surface area contributed by atoms with Gasteiger partial charge in [-0.25, -0.2) is 0 Å². The molecule has 1 saturated carbocycles. The Hall–Kier alpha value is -1.02. The third-order valence-electron chi connectivity index (χ3n) is 3.28. The Bertz CT molecular complexity index is 345. The van der Waals surface area contributed by atoms with Gasteiger partial charge in [-0.15, -0.1) is 0 Å². The van der Waals surface area contributed by atoms with E-state index in [1.54, 1.807) is 0 Å².